The summed E-state index contributed by atoms with van der Waals surface area (Å²) in [5.41, 5.74) is 4.18. The van der Waals surface area contributed by atoms with E-state index >= 15 is 4.39 Å². The number of piperidine rings is 1. The molecule has 1 aromatic carbocycles. The highest BCUT2D eigenvalue weighted by Crippen LogP contribution is 2.31. The average Bonchev–Trinajstić information content (AvgIpc) is 3.29. The zero-order valence-corrected chi connectivity index (χ0v) is 19.8. The molecule has 1 fully saturated rings. The van der Waals surface area contributed by atoms with E-state index in [1.54, 1.807) is 12.4 Å². The van der Waals surface area contributed by atoms with Gasteiger partial charge < -0.3 is 5.32 Å². The predicted octanol–water partition coefficient (Wildman–Crippen LogP) is 6.25. The fourth-order valence-corrected chi connectivity index (χ4v) is 4.24. The largest absolute Gasteiger partial charge is 0.339 e. The Morgan fingerprint density at radius 2 is 1.94 bits per heavy atom. The second kappa shape index (κ2) is 11.0. The number of benzene rings is 1. The summed E-state index contributed by atoms with van der Waals surface area (Å²) in [5.74, 6) is 0.360. The lowest BCUT2D eigenvalue weighted by atomic mass is 10.0. The van der Waals surface area contributed by atoms with Crippen molar-refractivity contribution in [1.29, 1.82) is 0 Å². The van der Waals surface area contributed by atoms with Crippen molar-refractivity contribution in [3.8, 4) is 11.1 Å². The third-order valence-electron chi connectivity index (χ3n) is 5.84. The van der Waals surface area contributed by atoms with Gasteiger partial charge in [-0.1, -0.05) is 32.9 Å². The van der Waals surface area contributed by atoms with Crippen LogP contribution < -0.4 is 5.32 Å². The molecule has 3 aromatic heterocycles. The topological polar surface area (TPSA) is 69.7 Å². The van der Waals surface area contributed by atoms with E-state index in [-0.39, 0.29) is 5.82 Å². The van der Waals surface area contributed by atoms with E-state index in [0.29, 0.717) is 28.3 Å². The van der Waals surface area contributed by atoms with Gasteiger partial charge in [-0.2, -0.15) is 5.10 Å². The number of aromatic nitrogens is 4. The molecule has 4 aromatic rings. The zero-order valence-electron chi connectivity index (χ0n) is 19.8. The lowest BCUT2D eigenvalue weighted by Gasteiger charge is -2.26. The predicted molar refractivity (Wildman–Crippen MR) is 137 cm³/mol. The van der Waals surface area contributed by atoms with Crippen LogP contribution in [0.5, 0.6) is 0 Å². The second-order valence-corrected chi connectivity index (χ2v) is 8.19. The van der Waals surface area contributed by atoms with Crippen molar-refractivity contribution in [2.24, 2.45) is 0 Å². The minimum atomic E-state index is -0.312. The van der Waals surface area contributed by atoms with E-state index < -0.39 is 0 Å². The van der Waals surface area contributed by atoms with Crippen molar-refractivity contribution in [2.45, 2.75) is 39.7 Å². The average molecular weight is 459 g/mol. The van der Waals surface area contributed by atoms with Gasteiger partial charge in [-0.05, 0) is 55.8 Å². The summed E-state index contributed by atoms with van der Waals surface area (Å²) < 4.78 is 15.0. The minimum Gasteiger partial charge on any atom is -0.339 e. The van der Waals surface area contributed by atoms with Crippen LogP contribution in [0, 0.1) is 5.82 Å². The van der Waals surface area contributed by atoms with Gasteiger partial charge in [-0.25, -0.2) is 9.37 Å². The maximum Gasteiger partial charge on any atom is 0.133 e. The third kappa shape index (κ3) is 5.31. The zero-order chi connectivity index (χ0) is 23.9. The molecule has 0 aliphatic carbocycles. The molecular weight excluding hydrogens is 427 g/mol. The number of aromatic amines is 1. The fraction of sp³-hybridized carbons (Fsp3) is 0.296. The second-order valence-electron chi connectivity index (χ2n) is 8.19. The number of nitrogens with one attached hydrogen (secondary N) is 2. The van der Waals surface area contributed by atoms with Crippen molar-refractivity contribution in [3.63, 3.8) is 0 Å². The number of hydrogen-bond acceptors (Lipinski definition) is 5. The van der Waals surface area contributed by atoms with Crippen LogP contribution in [0.1, 0.15) is 44.4 Å². The molecule has 34 heavy (non-hydrogen) atoms. The Hall–Kier alpha value is -3.58. The highest BCUT2D eigenvalue weighted by atomic mass is 19.1. The molecule has 0 radical (unpaired) electrons. The molecule has 0 amide bonds. The minimum absolute atomic E-state index is 0.312. The van der Waals surface area contributed by atoms with Gasteiger partial charge in [0.15, 0.2) is 0 Å². The summed E-state index contributed by atoms with van der Waals surface area (Å²) in [5, 5.41) is 11.2. The number of halogens is 1. The fourth-order valence-electron chi connectivity index (χ4n) is 4.24. The van der Waals surface area contributed by atoms with Gasteiger partial charge in [0.2, 0.25) is 0 Å². The van der Waals surface area contributed by atoms with Crippen molar-refractivity contribution in [2.75, 3.05) is 18.4 Å². The first-order valence-corrected chi connectivity index (χ1v) is 11.9. The number of nitrogens with zero attached hydrogens (tertiary/aromatic N) is 4. The van der Waals surface area contributed by atoms with Gasteiger partial charge in [0.1, 0.15) is 17.3 Å². The molecule has 4 heterocycles. The van der Waals surface area contributed by atoms with Crippen molar-refractivity contribution in [3.05, 3.63) is 78.6 Å². The normalized spacial score (nSPS) is 13.9. The maximum atomic E-state index is 15.0. The molecule has 0 atom stereocenters. The van der Waals surface area contributed by atoms with Crippen LogP contribution in [0.15, 0.2) is 61.6 Å². The first-order valence-electron chi connectivity index (χ1n) is 11.9. The molecule has 1 aliphatic rings. The Kier molecular flexibility index (Phi) is 7.65. The Morgan fingerprint density at radius 3 is 2.71 bits per heavy atom. The number of fused-ring (bicyclic) bond motifs is 1. The number of anilines is 1. The summed E-state index contributed by atoms with van der Waals surface area (Å²) in [7, 11) is 0. The number of likely N-dealkylation sites (tertiary alicyclic amines) is 1. The molecule has 1 saturated heterocycles. The number of H-pyrrole nitrogens is 1. The van der Waals surface area contributed by atoms with Crippen LogP contribution in [0.4, 0.5) is 10.2 Å². The van der Waals surface area contributed by atoms with E-state index in [1.807, 2.05) is 50.4 Å². The van der Waals surface area contributed by atoms with Crippen LogP contribution in [-0.2, 0) is 6.54 Å². The molecule has 0 unspecified atom stereocenters. The summed E-state index contributed by atoms with van der Waals surface area (Å²) in [6.07, 6.45) is 9.06. The SMILES string of the molecule is C=C(Nc1ccccn1)c1n[nH]c2cc(F)c(-c3cncc(CN4CCCCC4)c3)cc12.CC. The van der Waals surface area contributed by atoms with Crippen molar-refractivity contribution < 1.29 is 4.39 Å². The van der Waals surface area contributed by atoms with E-state index in [2.05, 4.69) is 37.0 Å². The molecule has 176 valence electrons. The van der Waals surface area contributed by atoms with Crippen molar-refractivity contribution >= 4 is 22.4 Å². The summed E-state index contributed by atoms with van der Waals surface area (Å²) in [6, 6.07) is 10.9. The quantitative estimate of drug-likeness (QED) is 0.357. The molecule has 5 rings (SSSR count). The molecular formula is C27H31FN6. The van der Waals surface area contributed by atoms with Crippen LogP contribution in [0.2, 0.25) is 0 Å². The Morgan fingerprint density at radius 1 is 1.12 bits per heavy atom. The Bertz CT molecular complexity index is 1240. The molecule has 6 nitrogen and oxygen atoms in total. The lowest BCUT2D eigenvalue weighted by molar-refractivity contribution is 0.220. The van der Waals surface area contributed by atoms with Crippen molar-refractivity contribution in [1.82, 2.24) is 25.1 Å². The van der Waals surface area contributed by atoms with E-state index in [4.69, 9.17) is 0 Å². The number of rotatable bonds is 6. The van der Waals surface area contributed by atoms with Gasteiger partial charge in [-0.15, -0.1) is 0 Å². The van der Waals surface area contributed by atoms with Gasteiger partial charge >= 0.3 is 0 Å². The Balaban J connectivity index is 0.00000133. The van der Waals surface area contributed by atoms with E-state index in [0.717, 1.165) is 36.1 Å². The van der Waals surface area contributed by atoms with Crippen LogP contribution in [0.3, 0.4) is 0 Å². The van der Waals surface area contributed by atoms with Crippen LogP contribution in [0.25, 0.3) is 27.7 Å². The molecule has 0 bridgehead atoms. The molecule has 7 heteroatoms. The van der Waals surface area contributed by atoms with Gasteiger partial charge in [0.25, 0.3) is 0 Å². The third-order valence-corrected chi connectivity index (χ3v) is 5.84. The highest BCUT2D eigenvalue weighted by molar-refractivity contribution is 5.95. The number of pyridine rings is 2. The molecule has 2 N–H and O–H groups in total. The van der Waals surface area contributed by atoms with E-state index in [9.17, 15) is 0 Å². The Labute approximate surface area is 199 Å². The van der Waals surface area contributed by atoms with Gasteiger partial charge in [0.05, 0.1) is 11.2 Å². The van der Waals surface area contributed by atoms with Crippen LogP contribution >= 0.6 is 0 Å². The summed E-state index contributed by atoms with van der Waals surface area (Å²) in [4.78, 5) is 11.1. The lowest BCUT2D eigenvalue weighted by Crippen LogP contribution is -2.29. The summed E-state index contributed by atoms with van der Waals surface area (Å²) in [6.45, 7) is 11.2. The first kappa shape index (κ1) is 23.6. The molecule has 1 aliphatic heterocycles. The monoisotopic (exact) mass is 458 g/mol. The summed E-state index contributed by atoms with van der Waals surface area (Å²) >= 11 is 0. The van der Waals surface area contributed by atoms with E-state index in [1.165, 1.54) is 25.3 Å². The van der Waals surface area contributed by atoms with Gasteiger partial charge in [0, 0.05) is 47.7 Å². The molecule has 0 spiro atoms. The standard InChI is InChI=1S/C25H25FN6.C2H6/c1-17(29-24-7-3-4-8-28-24)25-21-12-20(22(26)13-23(21)30-31-25)19-11-18(14-27-15-19)16-32-9-5-2-6-10-32;1-2/h3-4,7-8,11-15H,1-2,5-6,9-10,16H2,(H,28,29)(H,30,31);1-2H3. The highest BCUT2D eigenvalue weighted by Gasteiger charge is 2.16. The molecule has 0 saturated carbocycles. The smallest absolute Gasteiger partial charge is 0.133 e. The first-order chi connectivity index (χ1) is 16.7. The van der Waals surface area contributed by atoms with Crippen LogP contribution in [-0.4, -0.2) is 38.2 Å². The number of hydrogen-bond donors (Lipinski definition) is 2. The van der Waals surface area contributed by atoms with Gasteiger partial charge in [-0.3, -0.25) is 15.0 Å². The maximum absolute atomic E-state index is 15.0.